The summed E-state index contributed by atoms with van der Waals surface area (Å²) in [6, 6.07) is 0.439. The van der Waals surface area contributed by atoms with Gasteiger partial charge in [0.1, 0.15) is 0 Å². The summed E-state index contributed by atoms with van der Waals surface area (Å²) in [6.07, 6.45) is 4.44. The van der Waals surface area contributed by atoms with E-state index in [1.807, 2.05) is 17.9 Å². The van der Waals surface area contributed by atoms with Crippen molar-refractivity contribution in [3.8, 4) is 0 Å². The highest BCUT2D eigenvalue weighted by atomic mass is 15.4. The van der Waals surface area contributed by atoms with Gasteiger partial charge in [-0.25, -0.2) is 0 Å². The van der Waals surface area contributed by atoms with Crippen LogP contribution in [0.4, 0.5) is 0 Å². The number of hydrogen-bond donors (Lipinski definition) is 1. The first-order valence-electron chi connectivity index (χ1n) is 4.87. The summed E-state index contributed by atoms with van der Waals surface area (Å²) < 4.78 is 1.86. The van der Waals surface area contributed by atoms with E-state index in [1.54, 1.807) is 0 Å². The lowest BCUT2D eigenvalue weighted by molar-refractivity contribution is 0.294. The molecule has 0 aromatic carbocycles. The van der Waals surface area contributed by atoms with Crippen molar-refractivity contribution in [2.24, 2.45) is 13.0 Å². The third-order valence-electron chi connectivity index (χ3n) is 2.84. The Hall–Kier alpha value is -0.900. The van der Waals surface area contributed by atoms with E-state index in [9.17, 15) is 0 Å². The molecule has 1 aromatic heterocycles. The first kappa shape index (κ1) is 8.69. The summed E-state index contributed by atoms with van der Waals surface area (Å²) in [4.78, 5) is 0. The third-order valence-corrected chi connectivity index (χ3v) is 2.84. The second kappa shape index (κ2) is 3.46. The van der Waals surface area contributed by atoms with Gasteiger partial charge >= 0.3 is 0 Å². The molecule has 4 heteroatoms. The van der Waals surface area contributed by atoms with Crippen LogP contribution in [0.25, 0.3) is 0 Å². The zero-order valence-corrected chi connectivity index (χ0v) is 8.20. The highest BCUT2D eigenvalue weighted by Crippen LogP contribution is 2.27. The molecule has 0 aliphatic carbocycles. The van der Waals surface area contributed by atoms with Crippen molar-refractivity contribution < 1.29 is 0 Å². The molecule has 1 aromatic rings. The molecule has 13 heavy (non-hydrogen) atoms. The van der Waals surface area contributed by atoms with Gasteiger partial charge in [-0.1, -0.05) is 12.1 Å². The molecule has 0 radical (unpaired) electrons. The summed E-state index contributed by atoms with van der Waals surface area (Å²) >= 11 is 0. The number of piperidine rings is 1. The van der Waals surface area contributed by atoms with Crippen LogP contribution in [0.2, 0.25) is 0 Å². The van der Waals surface area contributed by atoms with Gasteiger partial charge < -0.3 is 5.32 Å². The van der Waals surface area contributed by atoms with E-state index < -0.39 is 0 Å². The Kier molecular flexibility index (Phi) is 2.31. The second-order valence-corrected chi connectivity index (χ2v) is 3.83. The normalized spacial score (nSPS) is 29.1. The van der Waals surface area contributed by atoms with Gasteiger partial charge in [-0.05, 0) is 25.3 Å². The molecular weight excluding hydrogens is 164 g/mol. The van der Waals surface area contributed by atoms with Gasteiger partial charge in [0.15, 0.2) is 0 Å². The molecule has 1 fully saturated rings. The van der Waals surface area contributed by atoms with Crippen molar-refractivity contribution in [1.82, 2.24) is 20.3 Å². The fourth-order valence-electron chi connectivity index (χ4n) is 2.02. The zero-order chi connectivity index (χ0) is 9.26. The Labute approximate surface area is 78.3 Å². The standard InChI is InChI=1S/C9H16N4/c1-7-4-3-5-10-9(7)8-6-11-12-13(8)2/h6-7,9-10H,3-5H2,1-2H3. The summed E-state index contributed by atoms with van der Waals surface area (Å²) in [5.41, 5.74) is 1.20. The molecule has 2 rings (SSSR count). The van der Waals surface area contributed by atoms with E-state index in [-0.39, 0.29) is 0 Å². The van der Waals surface area contributed by atoms with Gasteiger partial charge in [0.25, 0.3) is 0 Å². The lowest BCUT2D eigenvalue weighted by Gasteiger charge is -2.29. The van der Waals surface area contributed by atoms with Gasteiger partial charge in [0, 0.05) is 7.05 Å². The number of aryl methyl sites for hydroxylation is 1. The molecule has 1 N–H and O–H groups in total. The summed E-state index contributed by atoms with van der Waals surface area (Å²) in [5, 5.41) is 11.4. The third kappa shape index (κ3) is 1.58. The fraction of sp³-hybridized carbons (Fsp3) is 0.778. The van der Waals surface area contributed by atoms with E-state index in [1.165, 1.54) is 18.5 Å². The Morgan fingerprint density at radius 2 is 2.46 bits per heavy atom. The minimum absolute atomic E-state index is 0.439. The molecule has 0 bridgehead atoms. The van der Waals surface area contributed by atoms with Crippen molar-refractivity contribution in [3.63, 3.8) is 0 Å². The molecule has 1 saturated heterocycles. The topological polar surface area (TPSA) is 42.7 Å². The SMILES string of the molecule is CC1CCCNC1c1cnnn1C. The molecule has 4 nitrogen and oxygen atoms in total. The number of hydrogen-bond acceptors (Lipinski definition) is 3. The van der Waals surface area contributed by atoms with Crippen molar-refractivity contribution in [2.45, 2.75) is 25.8 Å². The van der Waals surface area contributed by atoms with Gasteiger partial charge in [-0.2, -0.15) is 0 Å². The van der Waals surface area contributed by atoms with Gasteiger partial charge in [-0.3, -0.25) is 4.68 Å². The van der Waals surface area contributed by atoms with Crippen molar-refractivity contribution in [1.29, 1.82) is 0 Å². The molecule has 1 aliphatic rings. The van der Waals surface area contributed by atoms with Crippen LogP contribution >= 0.6 is 0 Å². The van der Waals surface area contributed by atoms with Crippen LogP contribution in [0.3, 0.4) is 0 Å². The van der Waals surface area contributed by atoms with Crippen LogP contribution in [-0.4, -0.2) is 21.5 Å². The molecule has 2 unspecified atom stereocenters. The minimum Gasteiger partial charge on any atom is -0.308 e. The molecule has 2 heterocycles. The van der Waals surface area contributed by atoms with Gasteiger partial charge in [-0.15, -0.1) is 5.10 Å². The first-order valence-corrected chi connectivity index (χ1v) is 4.87. The number of nitrogens with one attached hydrogen (secondary N) is 1. The Morgan fingerprint density at radius 3 is 3.08 bits per heavy atom. The van der Waals surface area contributed by atoms with Crippen molar-refractivity contribution in [2.75, 3.05) is 6.54 Å². The number of rotatable bonds is 1. The van der Waals surface area contributed by atoms with Crippen LogP contribution in [0, 0.1) is 5.92 Å². The summed E-state index contributed by atoms with van der Waals surface area (Å²) in [6.45, 7) is 3.39. The van der Waals surface area contributed by atoms with E-state index in [0.717, 1.165) is 6.54 Å². The van der Waals surface area contributed by atoms with E-state index in [4.69, 9.17) is 0 Å². The highest BCUT2D eigenvalue weighted by Gasteiger charge is 2.24. The smallest absolute Gasteiger partial charge is 0.0755 e. The molecular formula is C9H16N4. The maximum Gasteiger partial charge on any atom is 0.0755 e. The fourth-order valence-corrected chi connectivity index (χ4v) is 2.02. The molecule has 0 saturated carbocycles. The van der Waals surface area contributed by atoms with E-state index >= 15 is 0 Å². The molecule has 0 spiro atoms. The number of aromatic nitrogens is 3. The molecule has 72 valence electrons. The predicted octanol–water partition coefficient (Wildman–Crippen LogP) is 0.876. The largest absolute Gasteiger partial charge is 0.308 e. The van der Waals surface area contributed by atoms with Gasteiger partial charge in [0.2, 0.25) is 0 Å². The molecule has 1 aliphatic heterocycles. The Morgan fingerprint density at radius 1 is 1.62 bits per heavy atom. The Balaban J connectivity index is 2.19. The maximum atomic E-state index is 3.95. The van der Waals surface area contributed by atoms with Crippen LogP contribution < -0.4 is 5.32 Å². The minimum atomic E-state index is 0.439. The average Bonchev–Trinajstić information content (AvgIpc) is 2.52. The van der Waals surface area contributed by atoms with Gasteiger partial charge in [0.05, 0.1) is 17.9 Å². The van der Waals surface area contributed by atoms with E-state index in [2.05, 4.69) is 22.6 Å². The zero-order valence-electron chi connectivity index (χ0n) is 8.20. The molecule has 0 amide bonds. The van der Waals surface area contributed by atoms with Crippen LogP contribution in [0.5, 0.6) is 0 Å². The van der Waals surface area contributed by atoms with Crippen molar-refractivity contribution in [3.05, 3.63) is 11.9 Å². The van der Waals surface area contributed by atoms with Crippen LogP contribution in [0.15, 0.2) is 6.20 Å². The number of nitrogens with zero attached hydrogens (tertiary/aromatic N) is 3. The second-order valence-electron chi connectivity index (χ2n) is 3.83. The quantitative estimate of drug-likeness (QED) is 0.697. The predicted molar refractivity (Wildman–Crippen MR) is 50.1 cm³/mol. The summed E-state index contributed by atoms with van der Waals surface area (Å²) in [5.74, 6) is 0.686. The van der Waals surface area contributed by atoms with Crippen LogP contribution in [0.1, 0.15) is 31.5 Å². The first-order chi connectivity index (χ1) is 6.29. The van der Waals surface area contributed by atoms with Crippen LogP contribution in [-0.2, 0) is 7.05 Å². The lowest BCUT2D eigenvalue weighted by Crippen LogP contribution is -2.34. The highest BCUT2D eigenvalue weighted by molar-refractivity contribution is 5.04. The maximum absolute atomic E-state index is 3.95. The average molecular weight is 180 g/mol. The van der Waals surface area contributed by atoms with E-state index in [0.29, 0.717) is 12.0 Å². The monoisotopic (exact) mass is 180 g/mol. The van der Waals surface area contributed by atoms with Crippen molar-refractivity contribution >= 4 is 0 Å². The lowest BCUT2D eigenvalue weighted by atomic mass is 9.91. The summed E-state index contributed by atoms with van der Waals surface area (Å²) in [7, 11) is 1.95. The molecule has 2 atom stereocenters. The Bertz CT molecular complexity index is 281.